The van der Waals surface area contributed by atoms with Crippen LogP contribution in [-0.4, -0.2) is 77.5 Å². The molecule has 0 bridgehead atoms. The summed E-state index contributed by atoms with van der Waals surface area (Å²) in [6.07, 6.45) is -0.504. The number of rotatable bonds is 9. The topological polar surface area (TPSA) is 208 Å². The number of carboxylic acids is 1. The van der Waals surface area contributed by atoms with Gasteiger partial charge in [-0.1, -0.05) is 0 Å². The van der Waals surface area contributed by atoms with Crippen molar-refractivity contribution in [2.24, 2.45) is 5.73 Å². The molecule has 3 unspecified atom stereocenters. The summed E-state index contributed by atoms with van der Waals surface area (Å²) < 4.78 is 37.5. The van der Waals surface area contributed by atoms with Gasteiger partial charge in [0.2, 0.25) is 17.5 Å². The molecule has 13 nitrogen and oxygen atoms in total. The number of imide groups is 1. The zero-order valence-corrected chi connectivity index (χ0v) is 17.7. The molecule has 0 aliphatic carbocycles. The largest absolute Gasteiger partial charge is 1.00 e. The average Bonchev–Trinajstić information content (AvgIpc) is 2.53. The molecule has 0 saturated carbocycles. The molecule has 1 fully saturated rings. The van der Waals surface area contributed by atoms with Crippen LogP contribution < -0.4 is 45.9 Å². The fraction of sp³-hybridized carbons (Fsp3) is 0.667. The van der Waals surface area contributed by atoms with Crippen molar-refractivity contribution in [3.8, 4) is 0 Å². The first-order valence-electron chi connectivity index (χ1n) is 7.27. The zero-order chi connectivity index (χ0) is 20.3. The van der Waals surface area contributed by atoms with Crippen LogP contribution in [0.4, 0.5) is 0 Å². The van der Waals surface area contributed by atoms with E-state index in [9.17, 15) is 32.1 Å². The van der Waals surface area contributed by atoms with E-state index in [2.05, 4.69) is 5.32 Å². The molecule has 27 heavy (non-hydrogen) atoms. The van der Waals surface area contributed by atoms with Gasteiger partial charge in [0.05, 0.1) is 12.6 Å². The van der Waals surface area contributed by atoms with E-state index in [1.807, 2.05) is 5.32 Å². The third-order valence-corrected chi connectivity index (χ3v) is 4.50. The maximum Gasteiger partial charge on any atom is 1.00 e. The number of nitrogens with zero attached hydrogens (tertiary/aromatic N) is 1. The average molecular weight is 418 g/mol. The number of ether oxygens (including phenoxy) is 1. The van der Waals surface area contributed by atoms with E-state index in [0.29, 0.717) is 0 Å². The standard InChI is InChI=1S/C12H20N4O9S.Na/c1-6(9(18)14-8(17)4-3-7(13)10(19)20)15-12(25-2)5-16(11(12)21)26(22,23)24;/h6-7,15H,3-5,13H2,1-2H3,(H,19,20)(H,14,17,18)(H,22,23,24);/q;+1/p-1. The van der Waals surface area contributed by atoms with Crippen LogP contribution in [0, 0.1) is 0 Å². The second kappa shape index (κ2) is 9.88. The summed E-state index contributed by atoms with van der Waals surface area (Å²) in [7, 11) is -3.92. The quantitative estimate of drug-likeness (QED) is 0.120. The van der Waals surface area contributed by atoms with Crippen LogP contribution in [0.3, 0.4) is 0 Å². The number of aliphatic carboxylic acids is 1. The van der Waals surface area contributed by atoms with Gasteiger partial charge in [0.15, 0.2) is 10.3 Å². The predicted molar refractivity (Wildman–Crippen MR) is 81.7 cm³/mol. The third kappa shape index (κ3) is 6.46. The number of amides is 3. The summed E-state index contributed by atoms with van der Waals surface area (Å²) in [5.41, 5.74) is 3.35. The molecule has 0 aromatic heterocycles. The number of nitrogens with one attached hydrogen (secondary N) is 2. The smallest absolute Gasteiger partial charge is 0.731 e. The van der Waals surface area contributed by atoms with Gasteiger partial charge < -0.3 is 20.1 Å². The van der Waals surface area contributed by atoms with Crippen LogP contribution in [0.25, 0.3) is 0 Å². The fourth-order valence-corrected chi connectivity index (χ4v) is 2.77. The van der Waals surface area contributed by atoms with Gasteiger partial charge in [-0.2, -0.15) is 0 Å². The normalized spacial score (nSPS) is 21.5. The van der Waals surface area contributed by atoms with Gasteiger partial charge in [-0.3, -0.25) is 29.8 Å². The molecule has 5 N–H and O–H groups in total. The second-order valence-corrected chi connectivity index (χ2v) is 6.86. The summed E-state index contributed by atoms with van der Waals surface area (Å²) in [6.45, 7) is 0.640. The van der Waals surface area contributed by atoms with Gasteiger partial charge in [-0.05, 0) is 13.3 Å². The van der Waals surface area contributed by atoms with Crippen molar-refractivity contribution in [2.45, 2.75) is 37.6 Å². The van der Waals surface area contributed by atoms with E-state index in [1.165, 1.54) is 6.92 Å². The van der Waals surface area contributed by atoms with Crippen LogP contribution in [0.15, 0.2) is 0 Å². The molecule has 3 amide bonds. The maximum atomic E-state index is 11.9. The van der Waals surface area contributed by atoms with Gasteiger partial charge >= 0.3 is 35.5 Å². The van der Waals surface area contributed by atoms with Gasteiger partial charge in [0.1, 0.15) is 6.04 Å². The van der Waals surface area contributed by atoms with Gasteiger partial charge in [-0.25, -0.2) is 12.7 Å². The zero-order valence-electron chi connectivity index (χ0n) is 14.9. The van der Waals surface area contributed by atoms with Crippen LogP contribution in [0.2, 0.25) is 0 Å². The number of nitrogens with two attached hydrogens (primary N) is 1. The van der Waals surface area contributed by atoms with Gasteiger partial charge in [0.25, 0.3) is 5.91 Å². The minimum atomic E-state index is -4.99. The fourth-order valence-electron chi connectivity index (χ4n) is 2.08. The number of carbonyl (C=O) groups is 4. The molecular weight excluding hydrogens is 399 g/mol. The van der Waals surface area contributed by atoms with Crippen LogP contribution in [-0.2, 0) is 34.2 Å². The molecule has 0 aromatic rings. The first-order valence-corrected chi connectivity index (χ1v) is 8.63. The summed E-state index contributed by atoms with van der Waals surface area (Å²) in [4.78, 5) is 46.0. The van der Waals surface area contributed by atoms with Crippen molar-refractivity contribution in [2.75, 3.05) is 13.7 Å². The molecule has 0 spiro atoms. The van der Waals surface area contributed by atoms with Crippen molar-refractivity contribution < 1.29 is 71.5 Å². The monoisotopic (exact) mass is 418 g/mol. The van der Waals surface area contributed by atoms with Crippen LogP contribution >= 0.6 is 0 Å². The molecule has 0 radical (unpaired) electrons. The third-order valence-electron chi connectivity index (χ3n) is 3.66. The summed E-state index contributed by atoms with van der Waals surface area (Å²) in [6, 6.07) is -2.43. The molecule has 1 aliphatic heterocycles. The molecule has 3 atom stereocenters. The maximum absolute atomic E-state index is 11.9. The van der Waals surface area contributed by atoms with Gasteiger partial charge in [-0.15, -0.1) is 0 Å². The number of β-lactam (4-membered cyclic amide) rings is 1. The Balaban J connectivity index is 0.00000676. The second-order valence-electron chi connectivity index (χ2n) is 5.56. The Hall–Kier alpha value is -1.13. The van der Waals surface area contributed by atoms with E-state index in [4.69, 9.17) is 15.6 Å². The van der Waals surface area contributed by atoms with Gasteiger partial charge in [0, 0.05) is 13.5 Å². The number of carbonyl (C=O) groups excluding carboxylic acids is 3. The predicted octanol–water partition coefficient (Wildman–Crippen LogP) is -6.55. The molecule has 148 valence electrons. The molecule has 1 saturated heterocycles. The van der Waals surface area contributed by atoms with E-state index < -0.39 is 58.3 Å². The number of carboxylic acid groups (broad SMARTS) is 1. The Morgan fingerprint density at radius 2 is 2.00 bits per heavy atom. The van der Waals surface area contributed by atoms with Crippen LogP contribution in [0.1, 0.15) is 19.8 Å². The Kier molecular flexibility index (Phi) is 9.47. The summed E-state index contributed by atoms with van der Waals surface area (Å²) in [5, 5.41) is 13.0. The number of hydrogen-bond donors (Lipinski definition) is 4. The molecule has 1 rings (SSSR count). The Bertz CT molecular complexity index is 716. The van der Waals surface area contributed by atoms with Crippen molar-refractivity contribution in [3.05, 3.63) is 0 Å². The molecular formula is C12H19N4NaO9S. The van der Waals surface area contributed by atoms with E-state index in [0.717, 1.165) is 7.11 Å². The van der Waals surface area contributed by atoms with E-state index in [1.54, 1.807) is 0 Å². The minimum absolute atomic E-state index is 0. The number of hydrogen-bond acceptors (Lipinski definition) is 10. The Labute approximate surface area is 177 Å². The van der Waals surface area contributed by atoms with Crippen molar-refractivity contribution in [3.63, 3.8) is 0 Å². The van der Waals surface area contributed by atoms with E-state index in [-0.39, 0.29) is 46.7 Å². The number of methoxy groups -OCH3 is 1. The Morgan fingerprint density at radius 3 is 2.41 bits per heavy atom. The SMILES string of the molecule is COC1(NC(C)C(=O)NC(=O)CCC(N)C(=O)O)CN(S(=O)(=O)[O-])C1=O.[Na+]. The molecule has 1 heterocycles. The van der Waals surface area contributed by atoms with Crippen molar-refractivity contribution >= 4 is 34.0 Å². The first kappa shape index (κ1) is 25.9. The Morgan fingerprint density at radius 1 is 1.44 bits per heavy atom. The molecule has 1 aliphatic rings. The van der Waals surface area contributed by atoms with Crippen molar-refractivity contribution in [1.29, 1.82) is 0 Å². The first-order chi connectivity index (χ1) is 11.8. The molecule has 15 heteroatoms. The summed E-state index contributed by atoms with van der Waals surface area (Å²) in [5.74, 6) is -4.13. The summed E-state index contributed by atoms with van der Waals surface area (Å²) >= 11 is 0. The van der Waals surface area contributed by atoms with Crippen LogP contribution in [0.5, 0.6) is 0 Å². The minimum Gasteiger partial charge on any atom is -0.731 e. The molecule has 0 aromatic carbocycles. The van der Waals surface area contributed by atoms with E-state index >= 15 is 0 Å². The van der Waals surface area contributed by atoms with Crippen molar-refractivity contribution in [1.82, 2.24) is 14.9 Å².